The van der Waals surface area contributed by atoms with E-state index in [1.807, 2.05) is 0 Å². The van der Waals surface area contributed by atoms with E-state index in [9.17, 15) is 9.59 Å². The number of tetrazole rings is 1. The molecule has 0 aliphatic heterocycles. The third-order valence-corrected chi connectivity index (χ3v) is 2.63. The number of carbonyl (C=O) groups is 2. The van der Waals surface area contributed by atoms with E-state index in [1.165, 1.54) is 0 Å². The summed E-state index contributed by atoms with van der Waals surface area (Å²) in [5.41, 5.74) is 0.885. The second-order valence-corrected chi connectivity index (χ2v) is 4.09. The van der Waals surface area contributed by atoms with Crippen LogP contribution in [0.15, 0.2) is 18.2 Å². The highest BCUT2D eigenvalue weighted by molar-refractivity contribution is 6.40. The van der Waals surface area contributed by atoms with Gasteiger partial charge in [0.25, 0.3) is 5.91 Å². The van der Waals surface area contributed by atoms with Crippen molar-refractivity contribution in [2.24, 2.45) is 0 Å². The molecule has 98 valence electrons. The number of anilines is 1. The third-order valence-electron chi connectivity index (χ3n) is 2.39. The van der Waals surface area contributed by atoms with Gasteiger partial charge in [-0.3, -0.25) is 9.59 Å². The fraction of sp³-hybridized carbons (Fsp3) is 0.182. The first-order valence-electron chi connectivity index (χ1n) is 5.49. The van der Waals surface area contributed by atoms with Crippen LogP contribution < -0.4 is 5.32 Å². The van der Waals surface area contributed by atoms with Gasteiger partial charge in [0.1, 0.15) is 0 Å². The van der Waals surface area contributed by atoms with Gasteiger partial charge in [-0.1, -0.05) is 18.5 Å². The van der Waals surface area contributed by atoms with Crippen molar-refractivity contribution in [3.05, 3.63) is 23.2 Å². The van der Waals surface area contributed by atoms with Crippen LogP contribution in [0.25, 0.3) is 11.4 Å². The fourth-order valence-electron chi connectivity index (χ4n) is 1.44. The zero-order valence-electron chi connectivity index (χ0n) is 9.98. The quantitative estimate of drug-likeness (QED) is 0.825. The first kappa shape index (κ1) is 13.2. The van der Waals surface area contributed by atoms with Crippen molar-refractivity contribution in [1.82, 2.24) is 20.6 Å². The van der Waals surface area contributed by atoms with E-state index in [4.69, 9.17) is 11.6 Å². The molecule has 1 heterocycles. The molecule has 0 fully saturated rings. The summed E-state index contributed by atoms with van der Waals surface area (Å²) in [7, 11) is 0. The molecule has 19 heavy (non-hydrogen) atoms. The van der Waals surface area contributed by atoms with Crippen molar-refractivity contribution < 1.29 is 9.59 Å². The lowest BCUT2D eigenvalue weighted by Gasteiger charge is -2.08. The maximum absolute atomic E-state index is 11.6. The number of hydrogen-bond acceptors (Lipinski definition) is 5. The van der Waals surface area contributed by atoms with Crippen LogP contribution in [0.5, 0.6) is 0 Å². The molecule has 0 unspecified atom stereocenters. The summed E-state index contributed by atoms with van der Waals surface area (Å²) in [6, 6.07) is 4.75. The number of aromatic nitrogens is 4. The summed E-state index contributed by atoms with van der Waals surface area (Å²) in [6.07, 6.45) is 0.136. The molecule has 0 saturated heterocycles. The Morgan fingerprint density at radius 3 is 2.84 bits per heavy atom. The zero-order chi connectivity index (χ0) is 13.8. The molecule has 7 nitrogen and oxygen atoms in total. The van der Waals surface area contributed by atoms with Gasteiger partial charge in [-0.15, -0.1) is 10.2 Å². The minimum atomic E-state index is -0.686. The predicted molar refractivity (Wildman–Crippen MR) is 68.6 cm³/mol. The topological polar surface area (TPSA) is 101 Å². The second kappa shape index (κ2) is 5.57. The van der Waals surface area contributed by atoms with Crippen molar-refractivity contribution in [1.29, 1.82) is 0 Å². The summed E-state index contributed by atoms with van der Waals surface area (Å²) < 4.78 is 0. The molecule has 0 spiro atoms. The normalized spacial score (nSPS) is 10.2. The molecule has 1 amide bonds. The van der Waals surface area contributed by atoms with Crippen LogP contribution in [0.1, 0.15) is 13.3 Å². The van der Waals surface area contributed by atoms with Gasteiger partial charge in [0.2, 0.25) is 11.6 Å². The van der Waals surface area contributed by atoms with Crippen LogP contribution in [-0.4, -0.2) is 32.3 Å². The minimum Gasteiger partial charge on any atom is -0.319 e. The second-order valence-electron chi connectivity index (χ2n) is 3.66. The fourth-order valence-corrected chi connectivity index (χ4v) is 1.61. The molecular formula is C11H10ClN5O2. The van der Waals surface area contributed by atoms with E-state index < -0.39 is 11.7 Å². The van der Waals surface area contributed by atoms with Gasteiger partial charge in [0.05, 0.1) is 5.69 Å². The van der Waals surface area contributed by atoms with E-state index in [1.54, 1.807) is 25.1 Å². The van der Waals surface area contributed by atoms with Gasteiger partial charge >= 0.3 is 0 Å². The van der Waals surface area contributed by atoms with Crippen molar-refractivity contribution in [3.63, 3.8) is 0 Å². The van der Waals surface area contributed by atoms with Crippen LogP contribution in [0.4, 0.5) is 5.69 Å². The first-order valence-corrected chi connectivity index (χ1v) is 5.87. The highest BCUT2D eigenvalue weighted by Gasteiger charge is 2.16. The molecule has 0 aliphatic rings. The lowest BCUT2D eigenvalue weighted by Crippen LogP contribution is -2.22. The average Bonchev–Trinajstić information content (AvgIpc) is 2.93. The number of ketones is 1. The predicted octanol–water partition coefficient (Wildman–Crippen LogP) is 1.44. The van der Waals surface area contributed by atoms with E-state index in [0.29, 0.717) is 16.3 Å². The molecule has 0 aliphatic carbocycles. The number of Topliss-reactive ketones (excluding diaryl/α,β-unsaturated/α-hetero) is 1. The van der Waals surface area contributed by atoms with Gasteiger partial charge in [0, 0.05) is 17.0 Å². The average molecular weight is 280 g/mol. The Labute approximate surface area is 113 Å². The molecule has 0 bridgehead atoms. The molecule has 1 aromatic heterocycles. The van der Waals surface area contributed by atoms with Gasteiger partial charge in [-0.25, -0.2) is 0 Å². The van der Waals surface area contributed by atoms with Crippen LogP contribution in [0, 0.1) is 0 Å². The zero-order valence-corrected chi connectivity index (χ0v) is 10.7. The maximum Gasteiger partial charge on any atom is 0.291 e. The standard InChI is InChI=1S/C11H10ClN5O2/c1-2-9(18)11(19)13-8-4-3-6(12)5-7(8)10-14-16-17-15-10/h3-5H,2H2,1H3,(H,13,19)(H,14,15,16,17). The molecular weight excluding hydrogens is 270 g/mol. The first-order chi connectivity index (χ1) is 9.11. The summed E-state index contributed by atoms with van der Waals surface area (Å²) in [4.78, 5) is 22.9. The van der Waals surface area contributed by atoms with Crippen LogP contribution in [0.3, 0.4) is 0 Å². The maximum atomic E-state index is 11.6. The van der Waals surface area contributed by atoms with E-state index >= 15 is 0 Å². The Hall–Kier alpha value is -2.28. The highest BCUT2D eigenvalue weighted by Crippen LogP contribution is 2.27. The smallest absolute Gasteiger partial charge is 0.291 e. The molecule has 8 heteroatoms. The number of carbonyl (C=O) groups excluding carboxylic acids is 2. The number of hydrogen-bond donors (Lipinski definition) is 2. The molecule has 0 radical (unpaired) electrons. The number of halogens is 1. The Kier molecular flexibility index (Phi) is 3.86. The Bertz CT molecular complexity index is 612. The van der Waals surface area contributed by atoms with Gasteiger partial charge in [-0.2, -0.15) is 5.21 Å². The number of H-pyrrole nitrogens is 1. The van der Waals surface area contributed by atoms with Crippen molar-refractivity contribution in [3.8, 4) is 11.4 Å². The van der Waals surface area contributed by atoms with Crippen molar-refractivity contribution in [2.45, 2.75) is 13.3 Å². The van der Waals surface area contributed by atoms with Crippen molar-refractivity contribution >= 4 is 29.0 Å². The van der Waals surface area contributed by atoms with Gasteiger partial charge in [0.15, 0.2) is 0 Å². The van der Waals surface area contributed by atoms with Crippen LogP contribution in [-0.2, 0) is 9.59 Å². The molecule has 2 aromatic rings. The molecule has 0 atom stereocenters. The van der Waals surface area contributed by atoms with Gasteiger partial charge in [-0.05, 0) is 23.4 Å². The van der Waals surface area contributed by atoms with E-state index in [2.05, 4.69) is 25.9 Å². The number of nitrogens with one attached hydrogen (secondary N) is 2. The summed E-state index contributed by atoms with van der Waals surface area (Å²) in [5, 5.41) is 16.4. The highest BCUT2D eigenvalue weighted by atomic mass is 35.5. The Morgan fingerprint density at radius 1 is 1.42 bits per heavy atom. The number of amides is 1. The molecule has 2 N–H and O–H groups in total. The summed E-state index contributed by atoms with van der Waals surface area (Å²) in [6.45, 7) is 1.61. The molecule has 2 rings (SSSR count). The third kappa shape index (κ3) is 2.94. The monoisotopic (exact) mass is 279 g/mol. The Morgan fingerprint density at radius 2 is 2.21 bits per heavy atom. The SMILES string of the molecule is CCC(=O)C(=O)Nc1ccc(Cl)cc1-c1nn[nH]n1. The van der Waals surface area contributed by atoms with Gasteiger partial charge < -0.3 is 5.32 Å². The van der Waals surface area contributed by atoms with E-state index in [-0.39, 0.29) is 12.2 Å². The number of benzene rings is 1. The largest absolute Gasteiger partial charge is 0.319 e. The van der Waals surface area contributed by atoms with Crippen molar-refractivity contribution in [2.75, 3.05) is 5.32 Å². The van der Waals surface area contributed by atoms with E-state index in [0.717, 1.165) is 0 Å². The summed E-state index contributed by atoms with van der Waals surface area (Å²) >= 11 is 5.89. The molecule has 1 aromatic carbocycles. The Balaban J connectivity index is 2.36. The molecule has 0 saturated carbocycles. The lowest BCUT2D eigenvalue weighted by atomic mass is 10.1. The number of nitrogens with zero attached hydrogens (tertiary/aromatic N) is 3. The van der Waals surface area contributed by atoms with Crippen LogP contribution >= 0.6 is 11.6 Å². The number of aromatic amines is 1. The minimum absolute atomic E-state index is 0.136. The van der Waals surface area contributed by atoms with Crippen LogP contribution in [0.2, 0.25) is 5.02 Å². The lowest BCUT2D eigenvalue weighted by molar-refractivity contribution is -0.134. The summed E-state index contributed by atoms with van der Waals surface area (Å²) in [5.74, 6) is -0.912. The number of rotatable bonds is 4.